The first-order chi connectivity index (χ1) is 8.10. The number of carbonyl (C=O) groups excluding carboxylic acids is 1. The molecule has 17 heavy (non-hydrogen) atoms. The van der Waals surface area contributed by atoms with Crippen molar-refractivity contribution in [3.63, 3.8) is 0 Å². The van der Waals surface area contributed by atoms with Gasteiger partial charge in [0.15, 0.2) is 0 Å². The van der Waals surface area contributed by atoms with Crippen LogP contribution in [0.1, 0.15) is 29.3 Å². The van der Waals surface area contributed by atoms with E-state index in [1.807, 2.05) is 6.92 Å². The van der Waals surface area contributed by atoms with Crippen molar-refractivity contribution in [3.05, 3.63) is 35.1 Å². The molecule has 0 aliphatic carbocycles. The van der Waals surface area contributed by atoms with E-state index in [2.05, 4.69) is 0 Å². The summed E-state index contributed by atoms with van der Waals surface area (Å²) < 4.78 is 13.1. The standard InChI is InChI=1S/C13H17ClFNO/c1-3-7-16(8-6-14)13(17)12-9-11(15)5-4-10(12)2/h4-5,9H,3,6-8H2,1-2H3. The van der Waals surface area contributed by atoms with Crippen LogP contribution in [-0.4, -0.2) is 29.8 Å². The Morgan fingerprint density at radius 2 is 2.12 bits per heavy atom. The Morgan fingerprint density at radius 3 is 2.71 bits per heavy atom. The summed E-state index contributed by atoms with van der Waals surface area (Å²) in [5, 5.41) is 0. The second-order valence-electron chi connectivity index (χ2n) is 3.94. The predicted octanol–water partition coefficient (Wildman–Crippen LogP) is 3.23. The molecule has 1 aromatic carbocycles. The number of hydrogen-bond donors (Lipinski definition) is 0. The van der Waals surface area contributed by atoms with Gasteiger partial charge in [-0.05, 0) is 31.0 Å². The number of amides is 1. The molecule has 0 unspecified atom stereocenters. The average molecular weight is 258 g/mol. The summed E-state index contributed by atoms with van der Waals surface area (Å²) in [6.07, 6.45) is 0.858. The van der Waals surface area contributed by atoms with Crippen LogP contribution in [0.15, 0.2) is 18.2 Å². The van der Waals surface area contributed by atoms with Gasteiger partial charge in [-0.2, -0.15) is 0 Å². The molecule has 0 bridgehead atoms. The lowest BCUT2D eigenvalue weighted by Gasteiger charge is -2.21. The Labute approximate surface area is 106 Å². The molecule has 2 nitrogen and oxygen atoms in total. The van der Waals surface area contributed by atoms with E-state index in [0.717, 1.165) is 12.0 Å². The zero-order valence-electron chi connectivity index (χ0n) is 10.2. The SMILES string of the molecule is CCCN(CCCl)C(=O)c1cc(F)ccc1C. The normalized spacial score (nSPS) is 10.4. The van der Waals surface area contributed by atoms with E-state index in [-0.39, 0.29) is 11.7 Å². The third-order valence-corrected chi connectivity index (χ3v) is 2.73. The molecule has 1 rings (SSSR count). The number of rotatable bonds is 5. The van der Waals surface area contributed by atoms with Gasteiger partial charge in [0.1, 0.15) is 5.82 Å². The number of nitrogens with zero attached hydrogens (tertiary/aromatic N) is 1. The van der Waals surface area contributed by atoms with Crippen LogP contribution in [0.3, 0.4) is 0 Å². The molecule has 0 heterocycles. The summed E-state index contributed by atoms with van der Waals surface area (Å²) in [6, 6.07) is 4.26. The fourth-order valence-electron chi connectivity index (χ4n) is 1.68. The highest BCUT2D eigenvalue weighted by molar-refractivity contribution is 6.18. The molecule has 0 saturated heterocycles. The molecule has 0 fully saturated rings. The van der Waals surface area contributed by atoms with Crippen LogP contribution < -0.4 is 0 Å². The van der Waals surface area contributed by atoms with Gasteiger partial charge in [-0.25, -0.2) is 4.39 Å². The third kappa shape index (κ3) is 3.70. The maximum absolute atomic E-state index is 13.1. The van der Waals surface area contributed by atoms with Gasteiger partial charge in [0.05, 0.1) is 0 Å². The molecule has 0 aromatic heterocycles. The van der Waals surface area contributed by atoms with Crippen LogP contribution in [0, 0.1) is 12.7 Å². The molecule has 0 saturated carbocycles. The first-order valence-electron chi connectivity index (χ1n) is 5.71. The largest absolute Gasteiger partial charge is 0.337 e. The molecule has 0 aliphatic rings. The molecule has 0 atom stereocenters. The highest BCUT2D eigenvalue weighted by Crippen LogP contribution is 2.13. The minimum absolute atomic E-state index is 0.149. The smallest absolute Gasteiger partial charge is 0.254 e. The molecule has 1 aromatic rings. The summed E-state index contributed by atoms with van der Waals surface area (Å²) in [5.74, 6) is -0.147. The Kier molecular flexibility index (Phi) is 5.42. The Bertz CT molecular complexity index is 389. The molecule has 0 aliphatic heterocycles. The lowest BCUT2D eigenvalue weighted by molar-refractivity contribution is 0.0764. The van der Waals surface area contributed by atoms with Gasteiger partial charge < -0.3 is 4.90 Å². The number of benzene rings is 1. The van der Waals surface area contributed by atoms with Crippen LogP contribution in [0.5, 0.6) is 0 Å². The molecule has 0 N–H and O–H groups in total. The summed E-state index contributed by atoms with van der Waals surface area (Å²) in [4.78, 5) is 13.9. The van der Waals surface area contributed by atoms with Crippen LogP contribution >= 0.6 is 11.6 Å². The highest BCUT2D eigenvalue weighted by Gasteiger charge is 2.16. The Balaban J connectivity index is 2.95. The summed E-state index contributed by atoms with van der Waals surface area (Å²) in [6.45, 7) is 4.93. The van der Waals surface area contributed by atoms with Crippen molar-refractivity contribution in [2.45, 2.75) is 20.3 Å². The predicted molar refractivity (Wildman–Crippen MR) is 68.1 cm³/mol. The molecular weight excluding hydrogens is 241 g/mol. The molecule has 4 heteroatoms. The van der Waals surface area contributed by atoms with E-state index >= 15 is 0 Å². The fraction of sp³-hybridized carbons (Fsp3) is 0.462. The third-order valence-electron chi connectivity index (χ3n) is 2.57. The second-order valence-corrected chi connectivity index (χ2v) is 4.32. The molecule has 1 amide bonds. The number of aryl methyl sites for hydroxylation is 1. The van der Waals surface area contributed by atoms with Crippen LogP contribution in [-0.2, 0) is 0 Å². The van der Waals surface area contributed by atoms with Crippen molar-refractivity contribution in [1.82, 2.24) is 4.90 Å². The van der Waals surface area contributed by atoms with Gasteiger partial charge >= 0.3 is 0 Å². The monoisotopic (exact) mass is 257 g/mol. The van der Waals surface area contributed by atoms with Gasteiger partial charge in [0, 0.05) is 24.5 Å². The quantitative estimate of drug-likeness (QED) is 0.742. The van der Waals surface area contributed by atoms with Crippen LogP contribution in [0.2, 0.25) is 0 Å². The van der Waals surface area contributed by atoms with E-state index < -0.39 is 0 Å². The van der Waals surface area contributed by atoms with Crippen molar-refractivity contribution in [2.24, 2.45) is 0 Å². The first kappa shape index (κ1) is 14.0. The first-order valence-corrected chi connectivity index (χ1v) is 6.25. The van der Waals surface area contributed by atoms with Crippen molar-refractivity contribution in [3.8, 4) is 0 Å². The van der Waals surface area contributed by atoms with Crippen LogP contribution in [0.4, 0.5) is 4.39 Å². The lowest BCUT2D eigenvalue weighted by Crippen LogP contribution is -2.34. The topological polar surface area (TPSA) is 20.3 Å². The molecule has 0 radical (unpaired) electrons. The van der Waals surface area contributed by atoms with Gasteiger partial charge in [-0.1, -0.05) is 13.0 Å². The van der Waals surface area contributed by atoms with Crippen molar-refractivity contribution in [2.75, 3.05) is 19.0 Å². The van der Waals surface area contributed by atoms with Crippen molar-refractivity contribution < 1.29 is 9.18 Å². The Hall–Kier alpha value is -1.09. The number of hydrogen-bond acceptors (Lipinski definition) is 1. The Morgan fingerprint density at radius 1 is 1.41 bits per heavy atom. The van der Waals surface area contributed by atoms with E-state index in [1.54, 1.807) is 17.9 Å². The van der Waals surface area contributed by atoms with Gasteiger partial charge in [0.25, 0.3) is 5.91 Å². The van der Waals surface area contributed by atoms with Crippen molar-refractivity contribution in [1.29, 1.82) is 0 Å². The summed E-state index contributed by atoms with van der Waals surface area (Å²) >= 11 is 5.67. The molecule has 0 spiro atoms. The number of alkyl halides is 1. The highest BCUT2D eigenvalue weighted by atomic mass is 35.5. The zero-order valence-corrected chi connectivity index (χ0v) is 10.9. The van der Waals surface area contributed by atoms with Crippen LogP contribution in [0.25, 0.3) is 0 Å². The lowest BCUT2D eigenvalue weighted by atomic mass is 10.1. The van der Waals surface area contributed by atoms with E-state index in [1.165, 1.54) is 12.1 Å². The average Bonchev–Trinajstić information content (AvgIpc) is 2.31. The summed E-state index contributed by atoms with van der Waals surface area (Å²) in [7, 11) is 0. The minimum Gasteiger partial charge on any atom is -0.337 e. The van der Waals surface area contributed by atoms with Gasteiger partial charge in [-0.3, -0.25) is 4.79 Å². The van der Waals surface area contributed by atoms with Gasteiger partial charge in [0.2, 0.25) is 0 Å². The zero-order chi connectivity index (χ0) is 12.8. The molecular formula is C13H17ClFNO. The van der Waals surface area contributed by atoms with Gasteiger partial charge in [-0.15, -0.1) is 11.6 Å². The molecule has 94 valence electrons. The fourth-order valence-corrected chi connectivity index (χ4v) is 1.89. The van der Waals surface area contributed by atoms with E-state index in [0.29, 0.717) is 24.5 Å². The maximum atomic E-state index is 13.1. The minimum atomic E-state index is -0.388. The second kappa shape index (κ2) is 6.60. The number of halogens is 2. The van der Waals surface area contributed by atoms with E-state index in [9.17, 15) is 9.18 Å². The maximum Gasteiger partial charge on any atom is 0.254 e. The number of carbonyl (C=O) groups is 1. The summed E-state index contributed by atoms with van der Waals surface area (Å²) in [5.41, 5.74) is 1.20. The van der Waals surface area contributed by atoms with E-state index in [4.69, 9.17) is 11.6 Å². The van der Waals surface area contributed by atoms with Crippen molar-refractivity contribution >= 4 is 17.5 Å².